The summed E-state index contributed by atoms with van der Waals surface area (Å²) in [4.78, 5) is 0. The first-order valence-electron chi connectivity index (χ1n) is 5.91. The van der Waals surface area contributed by atoms with Crippen LogP contribution in [0.25, 0.3) is 0 Å². The first-order chi connectivity index (χ1) is 8.63. The SMILES string of the molecule is Cc1ccc(C(NN)c2ccccc2Br)cc1C. The molecule has 2 nitrogen and oxygen atoms in total. The lowest BCUT2D eigenvalue weighted by Crippen LogP contribution is -2.29. The summed E-state index contributed by atoms with van der Waals surface area (Å²) < 4.78 is 1.06. The molecule has 0 aliphatic rings. The van der Waals surface area contributed by atoms with Crippen LogP contribution in [0.15, 0.2) is 46.9 Å². The van der Waals surface area contributed by atoms with Crippen molar-refractivity contribution in [2.75, 3.05) is 0 Å². The van der Waals surface area contributed by atoms with Crippen LogP contribution >= 0.6 is 15.9 Å². The Morgan fingerprint density at radius 3 is 2.39 bits per heavy atom. The Bertz CT molecular complexity index is 552. The van der Waals surface area contributed by atoms with Crippen molar-refractivity contribution < 1.29 is 0 Å². The summed E-state index contributed by atoms with van der Waals surface area (Å²) in [6, 6.07) is 14.6. The molecule has 0 fully saturated rings. The third-order valence-electron chi connectivity index (χ3n) is 3.25. The van der Waals surface area contributed by atoms with Crippen molar-refractivity contribution in [3.63, 3.8) is 0 Å². The van der Waals surface area contributed by atoms with Gasteiger partial charge in [0.2, 0.25) is 0 Å². The Kier molecular flexibility index (Phi) is 4.17. The van der Waals surface area contributed by atoms with Crippen LogP contribution in [0, 0.1) is 13.8 Å². The quantitative estimate of drug-likeness (QED) is 0.671. The molecule has 3 heteroatoms. The van der Waals surface area contributed by atoms with Gasteiger partial charge in [-0.3, -0.25) is 5.84 Å². The van der Waals surface area contributed by atoms with Crippen molar-refractivity contribution in [3.05, 3.63) is 69.2 Å². The maximum absolute atomic E-state index is 5.72. The van der Waals surface area contributed by atoms with Crippen molar-refractivity contribution in [2.45, 2.75) is 19.9 Å². The van der Waals surface area contributed by atoms with E-state index in [0.29, 0.717) is 0 Å². The highest BCUT2D eigenvalue weighted by Crippen LogP contribution is 2.28. The molecule has 2 rings (SSSR count). The van der Waals surface area contributed by atoms with Crippen molar-refractivity contribution in [3.8, 4) is 0 Å². The molecule has 0 amide bonds. The first-order valence-corrected chi connectivity index (χ1v) is 6.70. The zero-order valence-electron chi connectivity index (χ0n) is 10.6. The topological polar surface area (TPSA) is 38.0 Å². The molecule has 1 unspecified atom stereocenters. The zero-order valence-corrected chi connectivity index (χ0v) is 12.2. The molecule has 0 saturated heterocycles. The highest BCUT2D eigenvalue weighted by atomic mass is 79.9. The lowest BCUT2D eigenvalue weighted by atomic mass is 9.96. The molecule has 1 atom stereocenters. The number of aryl methyl sites for hydroxylation is 2. The number of nitrogens with two attached hydrogens (primary N) is 1. The highest BCUT2D eigenvalue weighted by Gasteiger charge is 2.15. The van der Waals surface area contributed by atoms with Gasteiger partial charge in [0, 0.05) is 4.47 Å². The highest BCUT2D eigenvalue weighted by molar-refractivity contribution is 9.10. The standard InChI is InChI=1S/C15H17BrN2/c1-10-7-8-12(9-11(10)2)15(18-17)13-5-3-4-6-14(13)16/h3-9,15,18H,17H2,1-2H3. The average molecular weight is 305 g/mol. The maximum Gasteiger partial charge on any atom is 0.0721 e. The number of hydrogen-bond donors (Lipinski definition) is 2. The Morgan fingerprint density at radius 2 is 1.78 bits per heavy atom. The molecule has 0 bridgehead atoms. The summed E-state index contributed by atoms with van der Waals surface area (Å²) in [6.45, 7) is 4.23. The van der Waals surface area contributed by atoms with E-state index in [1.807, 2.05) is 18.2 Å². The minimum atomic E-state index is -0.000116. The monoisotopic (exact) mass is 304 g/mol. The predicted molar refractivity (Wildman–Crippen MR) is 79.2 cm³/mol. The van der Waals surface area contributed by atoms with E-state index in [4.69, 9.17) is 5.84 Å². The van der Waals surface area contributed by atoms with Gasteiger partial charge in [-0.2, -0.15) is 0 Å². The molecule has 2 aromatic rings. The van der Waals surface area contributed by atoms with Crippen LogP contribution in [0.3, 0.4) is 0 Å². The molecule has 94 valence electrons. The third-order valence-corrected chi connectivity index (χ3v) is 3.97. The molecule has 0 aliphatic carbocycles. The van der Waals surface area contributed by atoms with E-state index in [0.717, 1.165) is 10.0 Å². The van der Waals surface area contributed by atoms with Gasteiger partial charge in [0.05, 0.1) is 6.04 Å². The Hall–Kier alpha value is -1.16. The largest absolute Gasteiger partial charge is 0.271 e. The summed E-state index contributed by atoms with van der Waals surface area (Å²) in [5, 5.41) is 0. The van der Waals surface area contributed by atoms with Gasteiger partial charge in [0.25, 0.3) is 0 Å². The molecule has 0 saturated carbocycles. The molecule has 3 N–H and O–H groups in total. The summed E-state index contributed by atoms with van der Waals surface area (Å²) >= 11 is 3.57. The van der Waals surface area contributed by atoms with Crippen LogP contribution in [-0.2, 0) is 0 Å². The molecule has 18 heavy (non-hydrogen) atoms. The van der Waals surface area contributed by atoms with Crippen LogP contribution in [0.5, 0.6) is 0 Å². The first kappa shape index (κ1) is 13.3. The molecule has 0 aliphatic heterocycles. The van der Waals surface area contributed by atoms with E-state index < -0.39 is 0 Å². The second kappa shape index (κ2) is 5.65. The fraction of sp³-hybridized carbons (Fsp3) is 0.200. The van der Waals surface area contributed by atoms with Gasteiger partial charge in [-0.25, -0.2) is 5.43 Å². The number of hydrogen-bond acceptors (Lipinski definition) is 2. The van der Waals surface area contributed by atoms with E-state index in [1.54, 1.807) is 0 Å². The smallest absolute Gasteiger partial charge is 0.0721 e. The average Bonchev–Trinajstić information content (AvgIpc) is 2.37. The van der Waals surface area contributed by atoms with E-state index in [1.165, 1.54) is 16.7 Å². The second-order valence-electron chi connectivity index (χ2n) is 4.46. The number of nitrogens with one attached hydrogen (secondary N) is 1. The van der Waals surface area contributed by atoms with Gasteiger partial charge in [-0.05, 0) is 42.2 Å². The molecule has 0 spiro atoms. The molecular weight excluding hydrogens is 288 g/mol. The third kappa shape index (κ3) is 2.64. The van der Waals surface area contributed by atoms with E-state index in [2.05, 4.69) is 59.5 Å². The normalized spacial score (nSPS) is 12.4. The summed E-state index contributed by atoms with van der Waals surface area (Å²) in [5.41, 5.74) is 7.78. The minimum Gasteiger partial charge on any atom is -0.271 e. The van der Waals surface area contributed by atoms with Gasteiger partial charge in [-0.1, -0.05) is 52.3 Å². The van der Waals surface area contributed by atoms with Gasteiger partial charge in [-0.15, -0.1) is 0 Å². The predicted octanol–water partition coefficient (Wildman–Crippen LogP) is 3.62. The maximum atomic E-state index is 5.72. The van der Waals surface area contributed by atoms with E-state index >= 15 is 0 Å². The molecule has 2 aromatic carbocycles. The number of rotatable bonds is 3. The van der Waals surface area contributed by atoms with Crippen LogP contribution < -0.4 is 11.3 Å². The van der Waals surface area contributed by atoms with E-state index in [-0.39, 0.29) is 6.04 Å². The van der Waals surface area contributed by atoms with Crippen molar-refractivity contribution in [1.29, 1.82) is 0 Å². The van der Waals surface area contributed by atoms with Crippen molar-refractivity contribution >= 4 is 15.9 Å². The van der Waals surface area contributed by atoms with Crippen LogP contribution in [0.2, 0.25) is 0 Å². The Labute approximate surface area is 116 Å². The van der Waals surface area contributed by atoms with Gasteiger partial charge >= 0.3 is 0 Å². The van der Waals surface area contributed by atoms with Crippen molar-refractivity contribution in [1.82, 2.24) is 5.43 Å². The lowest BCUT2D eigenvalue weighted by molar-refractivity contribution is 0.634. The Morgan fingerprint density at radius 1 is 1.06 bits per heavy atom. The number of hydrazine groups is 1. The van der Waals surface area contributed by atoms with Crippen LogP contribution in [0.1, 0.15) is 28.3 Å². The van der Waals surface area contributed by atoms with Crippen molar-refractivity contribution in [2.24, 2.45) is 5.84 Å². The minimum absolute atomic E-state index is 0.000116. The fourth-order valence-electron chi connectivity index (χ4n) is 2.02. The van der Waals surface area contributed by atoms with Crippen LogP contribution in [0.4, 0.5) is 0 Å². The second-order valence-corrected chi connectivity index (χ2v) is 5.32. The summed E-state index contributed by atoms with van der Waals surface area (Å²) in [6.07, 6.45) is 0. The van der Waals surface area contributed by atoms with Gasteiger partial charge in [0.1, 0.15) is 0 Å². The molecule has 0 aromatic heterocycles. The summed E-state index contributed by atoms with van der Waals surface area (Å²) in [5.74, 6) is 5.72. The van der Waals surface area contributed by atoms with Gasteiger partial charge < -0.3 is 0 Å². The lowest BCUT2D eigenvalue weighted by Gasteiger charge is -2.19. The van der Waals surface area contributed by atoms with Crippen LogP contribution in [-0.4, -0.2) is 0 Å². The number of benzene rings is 2. The van der Waals surface area contributed by atoms with Gasteiger partial charge in [0.15, 0.2) is 0 Å². The number of halogens is 1. The molecule has 0 radical (unpaired) electrons. The van der Waals surface area contributed by atoms with E-state index in [9.17, 15) is 0 Å². The fourth-order valence-corrected chi connectivity index (χ4v) is 2.53. The molecule has 0 heterocycles. The Balaban J connectivity index is 2.45. The summed E-state index contributed by atoms with van der Waals surface area (Å²) in [7, 11) is 0. The molecular formula is C15H17BrN2. The zero-order chi connectivity index (χ0) is 13.1.